The summed E-state index contributed by atoms with van der Waals surface area (Å²) in [5.41, 5.74) is 7.28. The third kappa shape index (κ3) is 6.74. The number of rotatable bonds is 12. The first-order valence-corrected chi connectivity index (χ1v) is 14.9. The van der Waals surface area contributed by atoms with E-state index in [1.807, 2.05) is 30.3 Å². The van der Waals surface area contributed by atoms with Crippen molar-refractivity contribution in [1.29, 1.82) is 0 Å². The molecule has 0 unspecified atom stereocenters. The van der Waals surface area contributed by atoms with E-state index in [1.165, 1.54) is 19.3 Å². The molecule has 11 heteroatoms. The van der Waals surface area contributed by atoms with Crippen molar-refractivity contribution in [2.45, 2.75) is 45.8 Å². The zero-order chi connectivity index (χ0) is 28.8. The number of ether oxygens (including phenoxy) is 2. The van der Waals surface area contributed by atoms with Gasteiger partial charge in [0.15, 0.2) is 17.1 Å². The van der Waals surface area contributed by atoms with Crippen LogP contribution in [0.2, 0.25) is 10.0 Å². The van der Waals surface area contributed by atoms with Gasteiger partial charge in [-0.15, -0.1) is 10.2 Å². The molecule has 0 bridgehead atoms. The molecule has 0 saturated carbocycles. The number of methoxy groups -OCH3 is 1. The monoisotopic (exact) mass is 654 g/mol. The van der Waals surface area contributed by atoms with Gasteiger partial charge in [-0.1, -0.05) is 73.7 Å². The molecule has 0 atom stereocenters. The highest BCUT2D eigenvalue weighted by atomic mass is 79.9. The van der Waals surface area contributed by atoms with Crippen molar-refractivity contribution in [3.05, 3.63) is 80.2 Å². The maximum Gasteiger partial charge on any atom is 0.265 e. The van der Waals surface area contributed by atoms with Crippen molar-refractivity contribution in [1.82, 2.24) is 19.7 Å². The molecule has 0 saturated heterocycles. The van der Waals surface area contributed by atoms with Crippen molar-refractivity contribution >= 4 is 73.4 Å². The summed E-state index contributed by atoms with van der Waals surface area (Å²) in [5.74, 6) is 1.43. The van der Waals surface area contributed by atoms with Crippen molar-refractivity contribution in [2.24, 2.45) is 5.10 Å². The van der Waals surface area contributed by atoms with Crippen LogP contribution in [0.5, 0.6) is 11.5 Å². The molecule has 0 aliphatic heterocycles. The zero-order valence-electron chi connectivity index (χ0n) is 22.7. The molecule has 8 nitrogen and oxygen atoms in total. The fourth-order valence-electron chi connectivity index (χ4n) is 4.58. The van der Waals surface area contributed by atoms with Gasteiger partial charge in [0, 0.05) is 11.9 Å². The second-order valence-electron chi connectivity index (χ2n) is 9.48. The summed E-state index contributed by atoms with van der Waals surface area (Å²) in [5, 5.41) is 15.1. The Bertz CT molecular complexity index is 1710. The average Bonchev–Trinajstić information content (AvgIpc) is 3.29. The number of anilines is 1. The summed E-state index contributed by atoms with van der Waals surface area (Å²) >= 11 is 15.7. The molecule has 0 radical (unpaired) electrons. The van der Waals surface area contributed by atoms with E-state index in [4.69, 9.17) is 37.7 Å². The first-order chi connectivity index (χ1) is 20.0. The molecule has 212 valence electrons. The maximum atomic E-state index is 6.13. The van der Waals surface area contributed by atoms with Crippen LogP contribution < -0.4 is 14.9 Å². The van der Waals surface area contributed by atoms with E-state index >= 15 is 0 Å². The second-order valence-corrected chi connectivity index (χ2v) is 11.1. The predicted octanol–water partition coefficient (Wildman–Crippen LogP) is 8.66. The molecule has 3 aromatic carbocycles. The van der Waals surface area contributed by atoms with Crippen LogP contribution in [0, 0.1) is 0 Å². The average molecular weight is 656 g/mol. The number of benzene rings is 3. The van der Waals surface area contributed by atoms with Gasteiger partial charge in [-0.25, -0.2) is 5.43 Å². The van der Waals surface area contributed by atoms with Gasteiger partial charge >= 0.3 is 0 Å². The van der Waals surface area contributed by atoms with Crippen molar-refractivity contribution in [2.75, 3.05) is 12.5 Å². The highest BCUT2D eigenvalue weighted by molar-refractivity contribution is 9.10. The van der Waals surface area contributed by atoms with Crippen molar-refractivity contribution in [3.8, 4) is 11.5 Å². The Kier molecular flexibility index (Phi) is 9.59. The van der Waals surface area contributed by atoms with E-state index in [1.54, 1.807) is 25.5 Å². The molecule has 2 heterocycles. The predicted molar refractivity (Wildman–Crippen MR) is 170 cm³/mol. The molecule has 5 aromatic rings. The van der Waals surface area contributed by atoms with Crippen LogP contribution in [0.15, 0.2) is 64.2 Å². The number of nitrogens with zero attached hydrogens (tertiary/aromatic N) is 5. The molecule has 2 aromatic heterocycles. The lowest BCUT2D eigenvalue weighted by atomic mass is 10.2. The summed E-state index contributed by atoms with van der Waals surface area (Å²) in [6.07, 6.45) is 6.33. The molecular formula is C30H29BrCl2N6O2. The Morgan fingerprint density at radius 2 is 1.88 bits per heavy atom. The van der Waals surface area contributed by atoms with E-state index in [0.29, 0.717) is 38.6 Å². The quantitative estimate of drug-likeness (QED) is 0.0822. The Hall–Kier alpha value is -3.40. The smallest absolute Gasteiger partial charge is 0.265 e. The molecule has 0 spiro atoms. The van der Waals surface area contributed by atoms with E-state index in [-0.39, 0.29) is 0 Å². The fourth-order valence-corrected chi connectivity index (χ4v) is 5.47. The summed E-state index contributed by atoms with van der Waals surface area (Å²) in [6, 6.07) is 17.3. The molecule has 0 aliphatic rings. The van der Waals surface area contributed by atoms with Gasteiger partial charge in [-0.05, 0) is 63.8 Å². The summed E-state index contributed by atoms with van der Waals surface area (Å²) in [4.78, 5) is 4.77. The number of aryl methyl sites for hydroxylation is 1. The molecule has 41 heavy (non-hydrogen) atoms. The second kappa shape index (κ2) is 13.5. The number of hydrogen-bond donors (Lipinski definition) is 1. The van der Waals surface area contributed by atoms with Gasteiger partial charge in [0.2, 0.25) is 0 Å². The van der Waals surface area contributed by atoms with Gasteiger partial charge in [-0.3, -0.25) is 0 Å². The SMILES string of the molecule is CCCCCCn1c2ccccc2c2nnc(N/N=C/c3cc(Br)c(OCc4ccc(Cl)c(Cl)c4)c(OC)c3)nc21. The topological polar surface area (TPSA) is 86.5 Å². The highest BCUT2D eigenvalue weighted by Gasteiger charge is 2.15. The van der Waals surface area contributed by atoms with E-state index in [2.05, 4.69) is 60.3 Å². The van der Waals surface area contributed by atoms with Gasteiger partial charge in [0.25, 0.3) is 5.95 Å². The fraction of sp³-hybridized carbons (Fsp3) is 0.267. The normalized spacial score (nSPS) is 11.5. The summed E-state index contributed by atoms with van der Waals surface area (Å²) < 4.78 is 14.5. The standard InChI is InChI=1S/C30H29BrCl2N6O2/c1-3-4-5-8-13-39-25-10-7-6-9-21(25)27-29(39)35-30(38-36-27)37-34-17-20-14-22(31)28(26(16-20)40-2)41-18-19-11-12-23(32)24(33)15-19/h6-7,9-12,14-17H,3-5,8,13,18H2,1-2H3,(H,35,37,38)/b34-17+. The molecule has 0 amide bonds. The Labute approximate surface area is 256 Å². The van der Waals surface area contributed by atoms with Crippen LogP contribution in [0.25, 0.3) is 22.1 Å². The Morgan fingerprint density at radius 3 is 2.68 bits per heavy atom. The third-order valence-electron chi connectivity index (χ3n) is 6.61. The van der Waals surface area contributed by atoms with Gasteiger partial charge < -0.3 is 14.0 Å². The Balaban J connectivity index is 1.32. The van der Waals surface area contributed by atoms with E-state index in [9.17, 15) is 0 Å². The minimum Gasteiger partial charge on any atom is -0.493 e. The third-order valence-corrected chi connectivity index (χ3v) is 7.93. The molecule has 5 rings (SSSR count). The molecule has 0 fully saturated rings. The van der Waals surface area contributed by atoms with E-state index in [0.717, 1.165) is 46.2 Å². The molecular weight excluding hydrogens is 627 g/mol. The lowest BCUT2D eigenvalue weighted by molar-refractivity contribution is 0.282. The van der Waals surface area contributed by atoms with Crippen LogP contribution in [0.1, 0.15) is 43.7 Å². The number of hydrogen-bond acceptors (Lipinski definition) is 7. The van der Waals surface area contributed by atoms with Crippen LogP contribution in [0.4, 0.5) is 5.95 Å². The van der Waals surface area contributed by atoms with Crippen molar-refractivity contribution < 1.29 is 9.47 Å². The maximum absolute atomic E-state index is 6.13. The number of aromatic nitrogens is 4. The number of nitrogens with one attached hydrogen (secondary N) is 1. The zero-order valence-corrected chi connectivity index (χ0v) is 25.8. The van der Waals surface area contributed by atoms with E-state index < -0.39 is 0 Å². The van der Waals surface area contributed by atoms with Crippen LogP contribution in [-0.4, -0.2) is 33.1 Å². The number of unbranched alkanes of at least 4 members (excludes halogenated alkanes) is 3. The van der Waals surface area contributed by atoms with Crippen molar-refractivity contribution in [3.63, 3.8) is 0 Å². The van der Waals surface area contributed by atoms with Gasteiger partial charge in [-0.2, -0.15) is 10.1 Å². The minimum atomic E-state index is 0.295. The first-order valence-electron chi connectivity index (χ1n) is 13.3. The number of hydrazone groups is 1. The summed E-state index contributed by atoms with van der Waals surface area (Å²) in [6.45, 7) is 3.38. The first kappa shape index (κ1) is 29.1. The minimum absolute atomic E-state index is 0.295. The largest absolute Gasteiger partial charge is 0.493 e. The lowest BCUT2D eigenvalue weighted by Crippen LogP contribution is -2.03. The van der Waals surface area contributed by atoms with Gasteiger partial charge in [0.05, 0.1) is 33.4 Å². The Morgan fingerprint density at radius 1 is 1.02 bits per heavy atom. The van der Waals surface area contributed by atoms with Gasteiger partial charge in [0.1, 0.15) is 12.1 Å². The lowest BCUT2D eigenvalue weighted by Gasteiger charge is -2.14. The summed E-state index contributed by atoms with van der Waals surface area (Å²) in [7, 11) is 1.59. The highest BCUT2D eigenvalue weighted by Crippen LogP contribution is 2.37. The number of fused-ring (bicyclic) bond motifs is 3. The number of halogens is 3. The van der Waals surface area contributed by atoms with Crippen LogP contribution >= 0.6 is 39.1 Å². The molecule has 1 N–H and O–H groups in total. The van der Waals surface area contributed by atoms with Crippen LogP contribution in [-0.2, 0) is 13.2 Å². The number of para-hydroxylation sites is 1. The van der Waals surface area contributed by atoms with Crippen LogP contribution in [0.3, 0.4) is 0 Å². The molecule has 0 aliphatic carbocycles.